The third-order valence-electron chi connectivity index (χ3n) is 3.92. The standard InChI is InChI=1S/C19H14N2O2S/c1-12-5-4-6-14(9-12)21-18(22)17(24-19(21)23)10-13-11-20-16-8-3-2-7-15(13)16/h2-11,22H,1H3/b13-10+. The number of benzene rings is 2. The molecule has 118 valence electrons. The van der Waals surface area contributed by atoms with Crippen LogP contribution < -0.4 is 4.87 Å². The fourth-order valence-electron chi connectivity index (χ4n) is 2.77. The molecule has 0 bridgehead atoms. The van der Waals surface area contributed by atoms with Crippen molar-refractivity contribution in [3.8, 4) is 11.6 Å². The van der Waals surface area contributed by atoms with E-state index in [-0.39, 0.29) is 10.8 Å². The van der Waals surface area contributed by atoms with Crippen molar-refractivity contribution in [2.45, 2.75) is 6.92 Å². The van der Waals surface area contributed by atoms with Gasteiger partial charge in [-0.25, -0.2) is 4.57 Å². The van der Waals surface area contributed by atoms with Crippen LogP contribution in [0.3, 0.4) is 0 Å². The minimum Gasteiger partial charge on any atom is -0.493 e. The van der Waals surface area contributed by atoms with Crippen molar-refractivity contribution in [1.82, 2.24) is 4.57 Å². The molecule has 1 N–H and O–H groups in total. The van der Waals surface area contributed by atoms with Gasteiger partial charge in [-0.05, 0) is 36.8 Å². The number of aliphatic imine (C=N–C) groups is 1. The van der Waals surface area contributed by atoms with E-state index in [0.717, 1.165) is 33.7 Å². The molecule has 0 saturated carbocycles. The number of allylic oxidation sites excluding steroid dienone is 1. The number of aromatic nitrogens is 1. The molecule has 0 radical (unpaired) electrons. The van der Waals surface area contributed by atoms with Crippen LogP contribution in [0.2, 0.25) is 0 Å². The predicted octanol–water partition coefficient (Wildman–Crippen LogP) is 4.17. The van der Waals surface area contributed by atoms with E-state index in [1.54, 1.807) is 6.21 Å². The lowest BCUT2D eigenvalue weighted by atomic mass is 10.1. The van der Waals surface area contributed by atoms with Crippen LogP contribution in [0.1, 0.15) is 16.0 Å². The normalized spacial score (nSPS) is 14.3. The highest BCUT2D eigenvalue weighted by Gasteiger charge is 2.17. The van der Waals surface area contributed by atoms with Crippen molar-refractivity contribution in [2.24, 2.45) is 4.99 Å². The summed E-state index contributed by atoms with van der Waals surface area (Å²) < 4.78 is 1.34. The Balaban J connectivity index is 1.83. The van der Waals surface area contributed by atoms with Gasteiger partial charge in [0.2, 0.25) is 5.88 Å². The first-order valence-electron chi connectivity index (χ1n) is 7.50. The second-order valence-electron chi connectivity index (χ2n) is 5.61. The van der Waals surface area contributed by atoms with Crippen molar-refractivity contribution in [1.29, 1.82) is 0 Å². The van der Waals surface area contributed by atoms with E-state index in [1.165, 1.54) is 4.57 Å². The molecule has 0 spiro atoms. The van der Waals surface area contributed by atoms with Crippen molar-refractivity contribution in [3.05, 3.63) is 74.2 Å². The first-order valence-corrected chi connectivity index (χ1v) is 8.32. The first kappa shape index (κ1) is 14.7. The van der Waals surface area contributed by atoms with Gasteiger partial charge < -0.3 is 5.11 Å². The molecule has 3 aromatic rings. The Hall–Kier alpha value is -2.92. The zero-order valence-electron chi connectivity index (χ0n) is 12.9. The van der Waals surface area contributed by atoms with E-state index in [2.05, 4.69) is 4.99 Å². The Kier molecular flexibility index (Phi) is 3.43. The molecule has 5 heteroatoms. The molecule has 4 rings (SSSR count). The monoisotopic (exact) mass is 334 g/mol. The van der Waals surface area contributed by atoms with Crippen LogP contribution in [0.15, 0.2) is 58.3 Å². The Morgan fingerprint density at radius 2 is 2.00 bits per heavy atom. The largest absolute Gasteiger partial charge is 0.493 e. The lowest BCUT2D eigenvalue weighted by molar-refractivity contribution is 0.440. The quantitative estimate of drug-likeness (QED) is 0.765. The summed E-state index contributed by atoms with van der Waals surface area (Å²) in [7, 11) is 0. The van der Waals surface area contributed by atoms with Gasteiger partial charge in [0.25, 0.3) is 0 Å². The lowest BCUT2D eigenvalue weighted by Gasteiger charge is -2.04. The Morgan fingerprint density at radius 1 is 1.17 bits per heavy atom. The summed E-state index contributed by atoms with van der Waals surface area (Å²) in [5.74, 6) is -0.0409. The average molecular weight is 334 g/mol. The average Bonchev–Trinajstić information content (AvgIpc) is 3.09. The van der Waals surface area contributed by atoms with Crippen LogP contribution in [0.4, 0.5) is 5.69 Å². The molecule has 0 fully saturated rings. The minimum atomic E-state index is -0.215. The van der Waals surface area contributed by atoms with Crippen molar-refractivity contribution < 1.29 is 5.11 Å². The number of rotatable bonds is 2. The molecule has 0 saturated heterocycles. The van der Waals surface area contributed by atoms with Gasteiger partial charge in [-0.3, -0.25) is 9.79 Å². The molecule has 1 aliphatic heterocycles. The van der Waals surface area contributed by atoms with Crippen LogP contribution in [0.25, 0.3) is 17.3 Å². The molecule has 2 aromatic carbocycles. The van der Waals surface area contributed by atoms with Crippen LogP contribution in [-0.2, 0) is 0 Å². The summed E-state index contributed by atoms with van der Waals surface area (Å²) in [4.78, 5) is 17.0. The number of hydrogen-bond acceptors (Lipinski definition) is 4. The highest BCUT2D eigenvalue weighted by molar-refractivity contribution is 7.10. The molecule has 0 atom stereocenters. The number of para-hydroxylation sites is 1. The van der Waals surface area contributed by atoms with E-state index in [0.29, 0.717) is 10.6 Å². The molecular weight excluding hydrogens is 320 g/mol. The van der Waals surface area contributed by atoms with E-state index in [1.807, 2.05) is 61.5 Å². The Morgan fingerprint density at radius 3 is 2.83 bits per heavy atom. The summed E-state index contributed by atoms with van der Waals surface area (Å²) in [5, 5.41) is 10.5. The van der Waals surface area contributed by atoms with E-state index in [4.69, 9.17) is 0 Å². The van der Waals surface area contributed by atoms with Gasteiger partial charge in [-0.2, -0.15) is 0 Å². The van der Waals surface area contributed by atoms with E-state index in [9.17, 15) is 9.90 Å². The van der Waals surface area contributed by atoms with Gasteiger partial charge in [-0.1, -0.05) is 41.7 Å². The smallest absolute Gasteiger partial charge is 0.315 e. The maximum atomic E-state index is 12.4. The zero-order chi connectivity index (χ0) is 16.7. The first-order chi connectivity index (χ1) is 11.6. The third-order valence-corrected chi connectivity index (χ3v) is 4.79. The van der Waals surface area contributed by atoms with Crippen LogP contribution >= 0.6 is 11.3 Å². The molecule has 1 aromatic heterocycles. The highest BCUT2D eigenvalue weighted by Crippen LogP contribution is 2.34. The maximum absolute atomic E-state index is 12.4. The predicted molar refractivity (Wildman–Crippen MR) is 98.8 cm³/mol. The molecule has 0 aliphatic carbocycles. The molecule has 0 amide bonds. The fraction of sp³-hybridized carbons (Fsp3) is 0.0526. The number of thiazole rings is 1. The summed E-state index contributed by atoms with van der Waals surface area (Å²) in [6.07, 6.45) is 3.56. The number of aromatic hydroxyl groups is 1. The summed E-state index contributed by atoms with van der Waals surface area (Å²) in [6, 6.07) is 15.3. The summed E-state index contributed by atoms with van der Waals surface area (Å²) >= 11 is 1.02. The third kappa shape index (κ3) is 2.39. The summed E-state index contributed by atoms with van der Waals surface area (Å²) in [6.45, 7) is 1.95. The van der Waals surface area contributed by atoms with Gasteiger partial charge in [-0.15, -0.1) is 0 Å². The Bertz CT molecular complexity index is 1060. The van der Waals surface area contributed by atoms with E-state index < -0.39 is 0 Å². The fourth-order valence-corrected chi connectivity index (χ4v) is 3.61. The number of fused-ring (bicyclic) bond motifs is 1. The van der Waals surface area contributed by atoms with Crippen molar-refractivity contribution in [2.75, 3.05) is 0 Å². The van der Waals surface area contributed by atoms with Gasteiger partial charge in [0.05, 0.1) is 16.3 Å². The second kappa shape index (κ2) is 5.62. The zero-order valence-corrected chi connectivity index (χ0v) is 13.7. The van der Waals surface area contributed by atoms with Gasteiger partial charge in [0.1, 0.15) is 0 Å². The van der Waals surface area contributed by atoms with Crippen molar-refractivity contribution >= 4 is 34.9 Å². The van der Waals surface area contributed by atoms with Crippen molar-refractivity contribution in [3.63, 3.8) is 0 Å². The van der Waals surface area contributed by atoms with Gasteiger partial charge in [0, 0.05) is 17.4 Å². The summed E-state index contributed by atoms with van der Waals surface area (Å²) in [5.41, 5.74) is 4.48. The molecule has 2 heterocycles. The molecule has 4 nitrogen and oxygen atoms in total. The van der Waals surface area contributed by atoms with E-state index >= 15 is 0 Å². The molecule has 0 unspecified atom stereocenters. The maximum Gasteiger partial charge on any atom is 0.315 e. The van der Waals surface area contributed by atoms with Gasteiger partial charge in [0.15, 0.2) is 0 Å². The molecular formula is C19H14N2O2S. The molecule has 1 aliphatic rings. The van der Waals surface area contributed by atoms with Crippen LogP contribution in [-0.4, -0.2) is 15.9 Å². The topological polar surface area (TPSA) is 54.6 Å². The number of hydrogen-bond donors (Lipinski definition) is 1. The van der Waals surface area contributed by atoms with Crippen LogP contribution in [0, 0.1) is 6.92 Å². The Labute approximate surface area is 142 Å². The SMILES string of the molecule is Cc1cccc(-n2c(O)c(/C=C3\C=Nc4ccccc43)sc2=O)c1. The minimum absolute atomic E-state index is 0.0409. The molecule has 24 heavy (non-hydrogen) atoms. The van der Waals surface area contributed by atoms with Gasteiger partial charge >= 0.3 is 4.87 Å². The number of nitrogens with zero attached hydrogens (tertiary/aromatic N) is 2. The highest BCUT2D eigenvalue weighted by atomic mass is 32.1. The lowest BCUT2D eigenvalue weighted by Crippen LogP contribution is -2.09. The van der Waals surface area contributed by atoms with Crippen LogP contribution in [0.5, 0.6) is 5.88 Å². The second-order valence-corrected chi connectivity index (χ2v) is 6.60. The number of aryl methyl sites for hydroxylation is 1.